The summed E-state index contributed by atoms with van der Waals surface area (Å²) in [5.74, 6) is -0.386. The first-order valence-corrected chi connectivity index (χ1v) is 6.41. The van der Waals surface area contributed by atoms with Crippen molar-refractivity contribution in [2.75, 3.05) is 7.11 Å². The normalized spacial score (nSPS) is 12.4. The van der Waals surface area contributed by atoms with Gasteiger partial charge in [-0.25, -0.2) is 4.79 Å². The van der Waals surface area contributed by atoms with Crippen molar-refractivity contribution in [2.24, 2.45) is 0 Å². The second-order valence-electron chi connectivity index (χ2n) is 5.43. The van der Waals surface area contributed by atoms with E-state index in [-0.39, 0.29) is 5.91 Å². The number of carbonyl (C=O) groups is 2. The molecule has 1 atom stereocenters. The topological polar surface area (TPSA) is 64.6 Å². The molecule has 1 aromatic carbocycles. The van der Waals surface area contributed by atoms with Gasteiger partial charge >= 0.3 is 5.97 Å². The summed E-state index contributed by atoms with van der Waals surface area (Å²) in [6, 6.07) is 6.09. The molecule has 1 N–H and O–H groups in total. The predicted molar refractivity (Wildman–Crippen MR) is 75.8 cm³/mol. The number of carbonyl (C=O) groups excluding carboxylic acids is 2. The van der Waals surface area contributed by atoms with E-state index in [0.717, 1.165) is 0 Å². The van der Waals surface area contributed by atoms with Crippen LogP contribution in [0.15, 0.2) is 24.3 Å². The van der Waals surface area contributed by atoms with Crippen molar-refractivity contribution >= 4 is 11.9 Å². The quantitative estimate of drug-likeness (QED) is 0.858. The van der Waals surface area contributed by atoms with Gasteiger partial charge in [0.15, 0.2) is 0 Å². The molecular formula is C15H21NO4. The summed E-state index contributed by atoms with van der Waals surface area (Å²) in [4.78, 5) is 23.9. The van der Waals surface area contributed by atoms with Crippen LogP contribution < -0.4 is 10.1 Å². The van der Waals surface area contributed by atoms with E-state index in [4.69, 9.17) is 9.47 Å². The second-order valence-corrected chi connectivity index (χ2v) is 5.43. The lowest BCUT2D eigenvalue weighted by Gasteiger charge is -2.22. The lowest BCUT2D eigenvalue weighted by atomic mass is 10.1. The van der Waals surface area contributed by atoms with Crippen LogP contribution in [0.3, 0.4) is 0 Å². The molecule has 0 aliphatic carbocycles. The summed E-state index contributed by atoms with van der Waals surface area (Å²) in [5.41, 5.74) is -0.203. The number of rotatable bonds is 4. The summed E-state index contributed by atoms with van der Waals surface area (Å²) in [6.45, 7) is 6.92. The molecule has 0 aliphatic rings. The minimum atomic E-state index is -0.730. The Morgan fingerprint density at radius 1 is 1.20 bits per heavy atom. The molecule has 1 amide bonds. The van der Waals surface area contributed by atoms with Gasteiger partial charge in [-0.1, -0.05) is 12.1 Å². The monoisotopic (exact) mass is 279 g/mol. The third kappa shape index (κ3) is 4.57. The molecule has 0 heterocycles. The fraction of sp³-hybridized carbons (Fsp3) is 0.467. The van der Waals surface area contributed by atoms with Crippen LogP contribution in [0.4, 0.5) is 0 Å². The van der Waals surface area contributed by atoms with Gasteiger partial charge in [0.25, 0.3) is 5.91 Å². The molecule has 0 fully saturated rings. The van der Waals surface area contributed by atoms with E-state index in [1.54, 1.807) is 52.0 Å². The molecule has 0 aromatic heterocycles. The summed E-state index contributed by atoms with van der Waals surface area (Å²) < 4.78 is 10.3. The molecule has 0 bridgehead atoms. The van der Waals surface area contributed by atoms with Crippen LogP contribution in [-0.4, -0.2) is 30.6 Å². The van der Waals surface area contributed by atoms with Crippen molar-refractivity contribution in [2.45, 2.75) is 39.3 Å². The van der Waals surface area contributed by atoms with E-state index >= 15 is 0 Å². The van der Waals surface area contributed by atoms with E-state index in [2.05, 4.69) is 5.32 Å². The summed E-state index contributed by atoms with van der Waals surface area (Å²) in [6.07, 6.45) is 0. The average Bonchev–Trinajstić information content (AvgIpc) is 2.36. The van der Waals surface area contributed by atoms with E-state index in [1.807, 2.05) is 0 Å². The summed E-state index contributed by atoms with van der Waals surface area (Å²) in [7, 11) is 1.49. The van der Waals surface area contributed by atoms with Gasteiger partial charge in [0.05, 0.1) is 12.7 Å². The van der Waals surface area contributed by atoms with Crippen molar-refractivity contribution in [1.29, 1.82) is 0 Å². The lowest BCUT2D eigenvalue weighted by Crippen LogP contribution is -2.42. The summed E-state index contributed by atoms with van der Waals surface area (Å²) >= 11 is 0. The molecule has 110 valence electrons. The Bertz CT molecular complexity index is 491. The third-order valence-electron chi connectivity index (χ3n) is 2.46. The van der Waals surface area contributed by atoms with Crippen molar-refractivity contribution in [3.8, 4) is 5.75 Å². The van der Waals surface area contributed by atoms with Gasteiger partial charge in [-0.2, -0.15) is 0 Å². The maximum absolute atomic E-state index is 12.1. The molecular weight excluding hydrogens is 258 g/mol. The highest BCUT2D eigenvalue weighted by Gasteiger charge is 2.24. The SMILES string of the molecule is COc1ccccc1C(=O)N[C@@H](C)C(=O)OC(C)(C)C. The van der Waals surface area contributed by atoms with Gasteiger partial charge in [-0.05, 0) is 39.8 Å². The average molecular weight is 279 g/mol. The van der Waals surface area contributed by atoms with E-state index in [0.29, 0.717) is 11.3 Å². The molecule has 0 saturated heterocycles. The molecule has 1 rings (SSSR count). The zero-order valence-electron chi connectivity index (χ0n) is 12.5. The van der Waals surface area contributed by atoms with Crippen LogP contribution in [0.5, 0.6) is 5.75 Å². The van der Waals surface area contributed by atoms with E-state index in [9.17, 15) is 9.59 Å². The number of nitrogens with one attached hydrogen (secondary N) is 1. The Balaban J connectivity index is 2.73. The van der Waals surface area contributed by atoms with Crippen molar-refractivity contribution in [3.63, 3.8) is 0 Å². The van der Waals surface area contributed by atoms with Crippen molar-refractivity contribution < 1.29 is 19.1 Å². The van der Waals surface area contributed by atoms with Gasteiger partial charge in [0, 0.05) is 0 Å². The van der Waals surface area contributed by atoms with Crippen LogP contribution >= 0.6 is 0 Å². The number of benzene rings is 1. The molecule has 5 nitrogen and oxygen atoms in total. The Morgan fingerprint density at radius 2 is 1.80 bits per heavy atom. The van der Waals surface area contributed by atoms with Crippen LogP contribution in [0.2, 0.25) is 0 Å². The second kappa shape index (κ2) is 6.41. The van der Waals surface area contributed by atoms with Gasteiger partial charge in [0.1, 0.15) is 17.4 Å². The zero-order valence-corrected chi connectivity index (χ0v) is 12.5. The Morgan fingerprint density at radius 3 is 2.35 bits per heavy atom. The number of hydrogen-bond acceptors (Lipinski definition) is 4. The van der Waals surface area contributed by atoms with Crippen molar-refractivity contribution in [1.82, 2.24) is 5.32 Å². The van der Waals surface area contributed by atoms with Crippen LogP contribution in [0, 0.1) is 0 Å². The standard InChI is InChI=1S/C15H21NO4/c1-10(14(18)20-15(2,3)4)16-13(17)11-8-6-7-9-12(11)19-5/h6-10H,1-5H3,(H,16,17)/t10-/m0/s1. The first-order valence-electron chi connectivity index (χ1n) is 6.41. The molecule has 0 radical (unpaired) electrons. The number of methoxy groups -OCH3 is 1. The number of esters is 1. The number of para-hydroxylation sites is 1. The molecule has 0 spiro atoms. The Hall–Kier alpha value is -2.04. The van der Waals surface area contributed by atoms with Crippen molar-refractivity contribution in [3.05, 3.63) is 29.8 Å². The first-order chi connectivity index (χ1) is 9.24. The number of ether oxygens (including phenoxy) is 2. The zero-order chi connectivity index (χ0) is 15.3. The highest BCUT2D eigenvalue weighted by molar-refractivity contribution is 5.99. The first kappa shape index (κ1) is 16.0. The minimum absolute atomic E-state index is 0.374. The smallest absolute Gasteiger partial charge is 0.328 e. The Kier molecular flexibility index (Phi) is 5.13. The van der Waals surface area contributed by atoms with Crippen LogP contribution in [-0.2, 0) is 9.53 Å². The third-order valence-corrected chi connectivity index (χ3v) is 2.46. The predicted octanol–water partition coefficient (Wildman–Crippen LogP) is 2.16. The highest BCUT2D eigenvalue weighted by Crippen LogP contribution is 2.17. The molecule has 1 aromatic rings. The number of amides is 1. The molecule has 0 unspecified atom stereocenters. The molecule has 20 heavy (non-hydrogen) atoms. The summed E-state index contributed by atoms with van der Waals surface area (Å²) in [5, 5.41) is 2.60. The van der Waals surface area contributed by atoms with Gasteiger partial charge in [-0.15, -0.1) is 0 Å². The van der Waals surface area contributed by atoms with Crippen LogP contribution in [0.25, 0.3) is 0 Å². The minimum Gasteiger partial charge on any atom is -0.496 e. The molecule has 5 heteroatoms. The molecule has 0 saturated carbocycles. The van der Waals surface area contributed by atoms with Gasteiger partial charge in [-0.3, -0.25) is 4.79 Å². The van der Waals surface area contributed by atoms with Crippen LogP contribution in [0.1, 0.15) is 38.1 Å². The fourth-order valence-corrected chi connectivity index (χ4v) is 1.56. The van der Waals surface area contributed by atoms with Gasteiger partial charge < -0.3 is 14.8 Å². The lowest BCUT2D eigenvalue weighted by molar-refractivity contribution is -0.156. The largest absolute Gasteiger partial charge is 0.496 e. The Labute approximate surface area is 119 Å². The maximum atomic E-state index is 12.1. The van der Waals surface area contributed by atoms with Gasteiger partial charge in [0.2, 0.25) is 0 Å². The van der Waals surface area contributed by atoms with E-state index < -0.39 is 17.6 Å². The molecule has 0 aliphatic heterocycles. The fourth-order valence-electron chi connectivity index (χ4n) is 1.56. The number of hydrogen-bond donors (Lipinski definition) is 1. The maximum Gasteiger partial charge on any atom is 0.328 e. The van der Waals surface area contributed by atoms with E-state index in [1.165, 1.54) is 7.11 Å². The highest BCUT2D eigenvalue weighted by atomic mass is 16.6.